The number of hydrogen-bond acceptors (Lipinski definition) is 4. The van der Waals surface area contributed by atoms with E-state index in [-0.39, 0.29) is 24.3 Å². The number of carbonyl (C=O) groups excluding carboxylic acids is 1. The third kappa shape index (κ3) is 3.68. The topological polar surface area (TPSA) is 81.7 Å². The maximum atomic E-state index is 13.6. The van der Waals surface area contributed by atoms with E-state index in [2.05, 4.69) is 29.4 Å². The maximum absolute atomic E-state index is 13.6. The largest absolute Gasteiger partial charge is 0.481 e. The van der Waals surface area contributed by atoms with Crippen molar-refractivity contribution in [3.63, 3.8) is 0 Å². The van der Waals surface area contributed by atoms with E-state index in [0.29, 0.717) is 37.4 Å². The monoisotopic (exact) mass is 399 g/mol. The summed E-state index contributed by atoms with van der Waals surface area (Å²) in [4.78, 5) is 27.4. The molecule has 0 aromatic heterocycles. The molecule has 3 heterocycles. The minimum atomic E-state index is -0.751. The zero-order valence-electron chi connectivity index (χ0n) is 17.4. The lowest BCUT2D eigenvalue weighted by Gasteiger charge is -2.56. The molecule has 0 unspecified atom stereocenters. The van der Waals surface area contributed by atoms with Crippen LogP contribution in [0.25, 0.3) is 0 Å². The Morgan fingerprint density at radius 3 is 2.76 bits per heavy atom. The molecule has 4 bridgehead atoms. The molecule has 158 valence electrons. The van der Waals surface area contributed by atoms with Gasteiger partial charge in [-0.2, -0.15) is 0 Å². The number of likely N-dealkylation sites (tertiary alicyclic amines) is 1. The van der Waals surface area contributed by atoms with Gasteiger partial charge in [-0.1, -0.05) is 44.2 Å². The van der Waals surface area contributed by atoms with E-state index < -0.39 is 11.4 Å². The van der Waals surface area contributed by atoms with Crippen LogP contribution in [0.2, 0.25) is 0 Å². The fourth-order valence-corrected chi connectivity index (χ4v) is 6.20. The zero-order valence-corrected chi connectivity index (χ0v) is 17.4. The molecule has 4 aliphatic rings. The number of amides is 1. The van der Waals surface area contributed by atoms with Crippen molar-refractivity contribution >= 4 is 11.9 Å². The number of piperidine rings is 2. The molecule has 0 spiro atoms. The minimum Gasteiger partial charge on any atom is -0.481 e. The number of nitrogens with zero attached hydrogens (tertiary/aromatic N) is 1. The second kappa shape index (κ2) is 8.07. The lowest BCUT2D eigenvalue weighted by atomic mass is 9.56. The molecular weight excluding hydrogens is 366 g/mol. The average Bonchev–Trinajstić information content (AvgIpc) is 2.94. The number of nitrogens with one attached hydrogen (secondary N) is 2. The number of carboxylic acids is 1. The summed E-state index contributed by atoms with van der Waals surface area (Å²) in [6, 6.07) is 10.5. The van der Waals surface area contributed by atoms with Crippen molar-refractivity contribution in [1.29, 1.82) is 0 Å². The third-order valence-electron chi connectivity index (χ3n) is 7.23. The Morgan fingerprint density at radius 2 is 2.07 bits per heavy atom. The summed E-state index contributed by atoms with van der Waals surface area (Å²) in [5, 5.41) is 16.1. The molecule has 1 aromatic carbocycles. The van der Waals surface area contributed by atoms with Gasteiger partial charge in [0.25, 0.3) is 0 Å². The Balaban J connectivity index is 1.59. The molecule has 6 heteroatoms. The van der Waals surface area contributed by atoms with Gasteiger partial charge in [0.05, 0.1) is 5.41 Å². The van der Waals surface area contributed by atoms with Gasteiger partial charge in [0, 0.05) is 44.7 Å². The van der Waals surface area contributed by atoms with Crippen LogP contribution in [0.5, 0.6) is 0 Å². The van der Waals surface area contributed by atoms with Crippen molar-refractivity contribution in [2.75, 3.05) is 19.6 Å². The fourth-order valence-electron chi connectivity index (χ4n) is 6.20. The van der Waals surface area contributed by atoms with Gasteiger partial charge in [0.15, 0.2) is 0 Å². The van der Waals surface area contributed by atoms with Crippen LogP contribution in [0.15, 0.2) is 30.3 Å². The molecule has 1 saturated carbocycles. The van der Waals surface area contributed by atoms with Crippen LogP contribution < -0.4 is 10.6 Å². The normalized spacial score (nSPS) is 33.2. The molecule has 1 aliphatic carbocycles. The first kappa shape index (κ1) is 20.4. The summed E-state index contributed by atoms with van der Waals surface area (Å²) in [5.41, 5.74) is 0.644. The van der Waals surface area contributed by atoms with Gasteiger partial charge < -0.3 is 15.7 Å². The number of carboxylic acid groups (broad SMARTS) is 1. The molecule has 4 fully saturated rings. The minimum absolute atomic E-state index is 0.130. The summed E-state index contributed by atoms with van der Waals surface area (Å²) >= 11 is 0. The Morgan fingerprint density at radius 1 is 1.31 bits per heavy atom. The van der Waals surface area contributed by atoms with E-state index in [9.17, 15) is 14.7 Å². The molecule has 3 N–H and O–H groups in total. The SMILES string of the molecule is CC(C)CN1C[C@H]2C[C@@H]3NC[C@]2(C(=O)NCc2ccccc2)[C@@H]1[C@@H]3CCC(=O)O. The Kier molecular flexibility index (Phi) is 5.67. The van der Waals surface area contributed by atoms with Crippen molar-refractivity contribution in [3.05, 3.63) is 35.9 Å². The van der Waals surface area contributed by atoms with Crippen LogP contribution in [0.1, 0.15) is 38.7 Å². The quantitative estimate of drug-likeness (QED) is 0.624. The smallest absolute Gasteiger partial charge is 0.303 e. The van der Waals surface area contributed by atoms with Crippen molar-refractivity contribution in [1.82, 2.24) is 15.5 Å². The molecule has 29 heavy (non-hydrogen) atoms. The number of fused-ring (bicyclic) bond motifs is 1. The highest BCUT2D eigenvalue weighted by Crippen LogP contribution is 2.56. The van der Waals surface area contributed by atoms with Gasteiger partial charge in [-0.05, 0) is 36.2 Å². The Hall–Kier alpha value is -1.92. The summed E-state index contributed by atoms with van der Waals surface area (Å²) < 4.78 is 0. The van der Waals surface area contributed by atoms with E-state index in [1.165, 1.54) is 0 Å². The lowest BCUT2D eigenvalue weighted by Crippen LogP contribution is -2.71. The van der Waals surface area contributed by atoms with Gasteiger partial charge in [0.1, 0.15) is 0 Å². The highest BCUT2D eigenvalue weighted by Gasteiger charge is 2.67. The Labute approximate surface area is 173 Å². The van der Waals surface area contributed by atoms with Gasteiger partial charge in [-0.25, -0.2) is 0 Å². The molecule has 3 saturated heterocycles. The number of hydrogen-bond donors (Lipinski definition) is 3. The summed E-state index contributed by atoms with van der Waals surface area (Å²) in [7, 11) is 0. The van der Waals surface area contributed by atoms with Crippen LogP contribution in [0, 0.1) is 23.2 Å². The molecule has 1 amide bonds. The van der Waals surface area contributed by atoms with E-state index >= 15 is 0 Å². The standard InChI is InChI=1S/C23H33N3O3/c1-15(2)12-26-13-17-10-19-18(8-9-20(27)28)21(26)23(17,14-25-19)22(29)24-11-16-6-4-3-5-7-16/h3-7,15,17-19,21,25H,8-14H2,1-2H3,(H,24,29)(H,27,28)/t17-,18-,19+,21+,23-/m1/s1. The van der Waals surface area contributed by atoms with Crippen LogP contribution in [0.3, 0.4) is 0 Å². The van der Waals surface area contributed by atoms with E-state index in [0.717, 1.165) is 25.1 Å². The second-order valence-corrected chi connectivity index (χ2v) is 9.52. The van der Waals surface area contributed by atoms with Crippen LogP contribution in [-0.4, -0.2) is 53.6 Å². The first-order valence-corrected chi connectivity index (χ1v) is 10.9. The maximum Gasteiger partial charge on any atom is 0.303 e. The molecule has 0 radical (unpaired) electrons. The summed E-state index contributed by atoms with van der Waals surface area (Å²) in [6.07, 6.45) is 1.77. The van der Waals surface area contributed by atoms with E-state index in [4.69, 9.17) is 0 Å². The third-order valence-corrected chi connectivity index (χ3v) is 7.23. The second-order valence-electron chi connectivity index (χ2n) is 9.52. The predicted octanol–water partition coefficient (Wildman–Crippen LogP) is 2.10. The van der Waals surface area contributed by atoms with E-state index in [1.54, 1.807) is 0 Å². The highest BCUT2D eigenvalue weighted by atomic mass is 16.4. The number of aliphatic carboxylic acids is 1. The predicted molar refractivity (Wildman–Crippen MR) is 111 cm³/mol. The average molecular weight is 400 g/mol. The highest BCUT2D eigenvalue weighted by molar-refractivity contribution is 5.85. The van der Waals surface area contributed by atoms with Crippen LogP contribution >= 0.6 is 0 Å². The van der Waals surface area contributed by atoms with Crippen LogP contribution in [-0.2, 0) is 16.1 Å². The van der Waals surface area contributed by atoms with Crippen molar-refractivity contribution < 1.29 is 14.7 Å². The molecule has 6 nitrogen and oxygen atoms in total. The molecule has 5 atom stereocenters. The van der Waals surface area contributed by atoms with Gasteiger partial charge in [0.2, 0.25) is 5.91 Å². The number of carbonyl (C=O) groups is 2. The van der Waals surface area contributed by atoms with Gasteiger partial charge in [-0.3, -0.25) is 14.5 Å². The Bertz CT molecular complexity index is 753. The summed E-state index contributed by atoms with van der Waals surface area (Å²) in [5.74, 6) is 0.451. The van der Waals surface area contributed by atoms with Crippen LogP contribution in [0.4, 0.5) is 0 Å². The summed E-state index contributed by atoms with van der Waals surface area (Å²) in [6.45, 7) is 7.58. The van der Waals surface area contributed by atoms with Crippen molar-refractivity contribution in [2.45, 2.75) is 51.7 Å². The first-order valence-electron chi connectivity index (χ1n) is 10.9. The van der Waals surface area contributed by atoms with E-state index in [1.807, 2.05) is 30.3 Å². The number of rotatable bonds is 8. The zero-order chi connectivity index (χ0) is 20.6. The van der Waals surface area contributed by atoms with Gasteiger partial charge >= 0.3 is 5.97 Å². The molecule has 1 aromatic rings. The lowest BCUT2D eigenvalue weighted by molar-refractivity contribution is -0.145. The van der Waals surface area contributed by atoms with Crippen molar-refractivity contribution in [3.8, 4) is 0 Å². The van der Waals surface area contributed by atoms with Gasteiger partial charge in [-0.15, -0.1) is 0 Å². The van der Waals surface area contributed by atoms with Crippen molar-refractivity contribution in [2.24, 2.45) is 23.2 Å². The molecule has 5 rings (SSSR count). The molecule has 3 aliphatic heterocycles. The first-order chi connectivity index (χ1) is 13.9. The number of benzene rings is 1. The fraction of sp³-hybridized carbons (Fsp3) is 0.652. The molecular formula is C23H33N3O3.